The Bertz CT molecular complexity index is 553. The van der Waals surface area contributed by atoms with Crippen LogP contribution in [-0.4, -0.2) is 46.0 Å². The Morgan fingerprint density at radius 1 is 1.38 bits per heavy atom. The summed E-state index contributed by atoms with van der Waals surface area (Å²) in [6.45, 7) is 3.56. The highest BCUT2D eigenvalue weighted by molar-refractivity contribution is 8.01. The zero-order valence-electron chi connectivity index (χ0n) is 14.7. The third kappa shape index (κ3) is 5.54. The molecule has 6 nitrogen and oxygen atoms in total. The van der Waals surface area contributed by atoms with Crippen LogP contribution in [0.5, 0.6) is 0 Å². The molecule has 0 spiro atoms. The molecule has 1 heterocycles. The first-order chi connectivity index (χ1) is 11.5. The smallest absolute Gasteiger partial charge is 0.238 e. The number of nitrogens with one attached hydrogen (secondary N) is 1. The van der Waals surface area contributed by atoms with E-state index in [1.807, 2.05) is 11.9 Å². The average Bonchev–Trinajstić information content (AvgIpc) is 2.81. The van der Waals surface area contributed by atoms with Gasteiger partial charge in [0.1, 0.15) is 5.76 Å². The molecule has 2 rings (SSSR count). The summed E-state index contributed by atoms with van der Waals surface area (Å²) in [6.07, 6.45) is 7.12. The van der Waals surface area contributed by atoms with Crippen LogP contribution in [0.1, 0.15) is 51.2 Å². The fourth-order valence-corrected chi connectivity index (χ4v) is 3.68. The van der Waals surface area contributed by atoms with E-state index in [-0.39, 0.29) is 17.1 Å². The number of anilines is 1. The van der Waals surface area contributed by atoms with Crippen molar-refractivity contribution in [2.75, 3.05) is 18.1 Å². The fourth-order valence-electron chi connectivity index (χ4n) is 2.88. The van der Waals surface area contributed by atoms with Gasteiger partial charge >= 0.3 is 0 Å². The van der Waals surface area contributed by atoms with Gasteiger partial charge in [0.25, 0.3) is 0 Å². The molecule has 2 amide bonds. The number of rotatable bonds is 6. The van der Waals surface area contributed by atoms with Crippen molar-refractivity contribution in [2.24, 2.45) is 0 Å². The molecular weight excluding hydrogens is 326 g/mol. The lowest BCUT2D eigenvalue weighted by Gasteiger charge is -2.27. The number of aromatic nitrogens is 1. The number of thioether (sulfide) groups is 1. The molecule has 1 aliphatic carbocycles. The van der Waals surface area contributed by atoms with E-state index in [1.54, 1.807) is 19.9 Å². The number of nitrogens with zero attached hydrogens (tertiary/aromatic N) is 2. The third-order valence-corrected chi connectivity index (χ3v) is 5.60. The van der Waals surface area contributed by atoms with Crippen LogP contribution in [0.4, 0.5) is 5.82 Å². The van der Waals surface area contributed by atoms with Gasteiger partial charge in [0.15, 0.2) is 5.82 Å². The van der Waals surface area contributed by atoms with E-state index in [0.717, 1.165) is 12.8 Å². The molecule has 1 N–H and O–H groups in total. The summed E-state index contributed by atoms with van der Waals surface area (Å²) in [7, 11) is 1.89. The van der Waals surface area contributed by atoms with E-state index < -0.39 is 0 Å². The predicted octanol–water partition coefficient (Wildman–Crippen LogP) is 3.22. The SMILES string of the molecule is Cc1cc(NC(=O)C(C)SCC(=O)N(C)C2CCCCCC2)no1. The van der Waals surface area contributed by atoms with E-state index in [4.69, 9.17) is 4.52 Å². The zero-order chi connectivity index (χ0) is 17.5. The summed E-state index contributed by atoms with van der Waals surface area (Å²) in [6, 6.07) is 2.02. The first kappa shape index (κ1) is 18.8. The van der Waals surface area contributed by atoms with E-state index in [1.165, 1.54) is 37.4 Å². The van der Waals surface area contributed by atoms with Crippen LogP contribution in [-0.2, 0) is 9.59 Å². The molecule has 1 saturated carbocycles. The minimum absolute atomic E-state index is 0.101. The second kappa shape index (κ2) is 9.11. The Balaban J connectivity index is 1.76. The van der Waals surface area contributed by atoms with Gasteiger partial charge < -0.3 is 14.7 Å². The van der Waals surface area contributed by atoms with Crippen molar-refractivity contribution < 1.29 is 14.1 Å². The van der Waals surface area contributed by atoms with Crippen molar-refractivity contribution in [3.05, 3.63) is 11.8 Å². The maximum Gasteiger partial charge on any atom is 0.238 e. The maximum atomic E-state index is 12.4. The summed E-state index contributed by atoms with van der Waals surface area (Å²) in [4.78, 5) is 26.4. The van der Waals surface area contributed by atoms with E-state index in [0.29, 0.717) is 23.4 Å². The second-order valence-corrected chi connectivity index (χ2v) is 7.74. The quantitative estimate of drug-likeness (QED) is 0.795. The van der Waals surface area contributed by atoms with Crippen molar-refractivity contribution in [1.82, 2.24) is 10.1 Å². The topological polar surface area (TPSA) is 75.4 Å². The molecule has 0 bridgehead atoms. The van der Waals surface area contributed by atoms with E-state index in [2.05, 4.69) is 10.5 Å². The van der Waals surface area contributed by atoms with Gasteiger partial charge in [0, 0.05) is 19.2 Å². The van der Waals surface area contributed by atoms with Gasteiger partial charge in [-0.2, -0.15) is 0 Å². The van der Waals surface area contributed by atoms with Crippen LogP contribution in [0.2, 0.25) is 0 Å². The monoisotopic (exact) mass is 353 g/mol. The maximum absolute atomic E-state index is 12.4. The van der Waals surface area contributed by atoms with Crippen LogP contribution in [0.3, 0.4) is 0 Å². The lowest BCUT2D eigenvalue weighted by Crippen LogP contribution is -2.38. The molecule has 1 aromatic rings. The van der Waals surface area contributed by atoms with Crippen LogP contribution < -0.4 is 5.32 Å². The van der Waals surface area contributed by atoms with Crippen molar-refractivity contribution in [2.45, 2.75) is 63.7 Å². The third-order valence-electron chi connectivity index (χ3n) is 4.47. The highest BCUT2D eigenvalue weighted by Crippen LogP contribution is 2.22. The Kier molecular flexibility index (Phi) is 7.15. The number of hydrogen-bond donors (Lipinski definition) is 1. The number of amides is 2. The fraction of sp³-hybridized carbons (Fsp3) is 0.706. The van der Waals surface area contributed by atoms with Crippen molar-refractivity contribution >= 4 is 29.4 Å². The van der Waals surface area contributed by atoms with Gasteiger partial charge in [-0.3, -0.25) is 9.59 Å². The molecule has 0 aromatic carbocycles. The largest absolute Gasteiger partial charge is 0.360 e. The number of carbonyl (C=O) groups excluding carboxylic acids is 2. The average molecular weight is 353 g/mol. The van der Waals surface area contributed by atoms with Crippen LogP contribution in [0.15, 0.2) is 10.6 Å². The van der Waals surface area contributed by atoms with Crippen LogP contribution in [0, 0.1) is 6.92 Å². The standard InChI is InChI=1S/C17H27N3O3S/c1-12-10-15(19-23-12)18-17(22)13(2)24-11-16(21)20(3)14-8-6-4-5-7-9-14/h10,13-14H,4-9,11H2,1-3H3,(H,18,19,22). The first-order valence-electron chi connectivity index (χ1n) is 8.59. The second-order valence-electron chi connectivity index (χ2n) is 6.42. The minimum Gasteiger partial charge on any atom is -0.360 e. The minimum atomic E-state index is -0.325. The highest BCUT2D eigenvalue weighted by Gasteiger charge is 2.23. The molecule has 1 fully saturated rings. The Morgan fingerprint density at radius 2 is 2.04 bits per heavy atom. The molecular formula is C17H27N3O3S. The lowest BCUT2D eigenvalue weighted by molar-refractivity contribution is -0.129. The van der Waals surface area contributed by atoms with E-state index in [9.17, 15) is 9.59 Å². The normalized spacial score (nSPS) is 17.1. The molecule has 1 aliphatic rings. The molecule has 7 heteroatoms. The van der Waals surface area contributed by atoms with Gasteiger partial charge in [-0.25, -0.2) is 0 Å². The van der Waals surface area contributed by atoms with Gasteiger partial charge in [0.05, 0.1) is 11.0 Å². The van der Waals surface area contributed by atoms with Crippen molar-refractivity contribution in [1.29, 1.82) is 0 Å². The zero-order valence-corrected chi connectivity index (χ0v) is 15.5. The van der Waals surface area contributed by atoms with Gasteiger partial charge in [-0.05, 0) is 26.7 Å². The Hall–Kier alpha value is -1.50. The first-order valence-corrected chi connectivity index (χ1v) is 9.63. The number of aryl methyl sites for hydroxylation is 1. The summed E-state index contributed by atoms with van der Waals surface area (Å²) in [5.41, 5.74) is 0. The Labute approximate surface area is 147 Å². The molecule has 134 valence electrons. The van der Waals surface area contributed by atoms with E-state index >= 15 is 0 Å². The number of carbonyl (C=O) groups is 2. The summed E-state index contributed by atoms with van der Waals surface area (Å²) in [5, 5.41) is 6.11. The predicted molar refractivity (Wildman–Crippen MR) is 96.0 cm³/mol. The molecule has 0 aliphatic heterocycles. The van der Waals surface area contributed by atoms with Crippen molar-refractivity contribution in [3.63, 3.8) is 0 Å². The molecule has 1 atom stereocenters. The van der Waals surface area contributed by atoms with Crippen LogP contribution in [0.25, 0.3) is 0 Å². The van der Waals surface area contributed by atoms with Gasteiger partial charge in [0.2, 0.25) is 11.8 Å². The molecule has 24 heavy (non-hydrogen) atoms. The molecule has 0 radical (unpaired) electrons. The summed E-state index contributed by atoms with van der Waals surface area (Å²) in [5.74, 6) is 1.30. The highest BCUT2D eigenvalue weighted by atomic mass is 32.2. The lowest BCUT2D eigenvalue weighted by atomic mass is 10.1. The van der Waals surface area contributed by atoms with Crippen molar-refractivity contribution in [3.8, 4) is 0 Å². The summed E-state index contributed by atoms with van der Waals surface area (Å²) >= 11 is 1.35. The molecule has 0 saturated heterocycles. The van der Waals surface area contributed by atoms with Gasteiger partial charge in [-0.1, -0.05) is 30.8 Å². The number of hydrogen-bond acceptors (Lipinski definition) is 5. The molecule has 1 unspecified atom stereocenters. The summed E-state index contributed by atoms with van der Waals surface area (Å²) < 4.78 is 4.92. The Morgan fingerprint density at radius 3 is 2.62 bits per heavy atom. The van der Waals surface area contributed by atoms with Gasteiger partial charge in [-0.15, -0.1) is 11.8 Å². The molecule has 1 aromatic heterocycles. The van der Waals surface area contributed by atoms with Crippen LogP contribution >= 0.6 is 11.8 Å².